The van der Waals surface area contributed by atoms with Crippen LogP contribution in [0.25, 0.3) is 0 Å². The van der Waals surface area contributed by atoms with Crippen molar-refractivity contribution in [2.24, 2.45) is 0 Å². The van der Waals surface area contributed by atoms with Crippen molar-refractivity contribution in [3.05, 3.63) is 59.4 Å². The fourth-order valence-corrected chi connectivity index (χ4v) is 1.68. The minimum atomic E-state index is -1.15. The van der Waals surface area contributed by atoms with Gasteiger partial charge in [-0.3, -0.25) is 0 Å². The van der Waals surface area contributed by atoms with Gasteiger partial charge in [-0.1, -0.05) is 30.3 Å². The monoisotopic (exact) mass is 233 g/mol. The van der Waals surface area contributed by atoms with Crippen molar-refractivity contribution in [3.63, 3.8) is 0 Å². The van der Waals surface area contributed by atoms with E-state index in [4.69, 9.17) is 5.73 Å². The summed E-state index contributed by atoms with van der Waals surface area (Å²) in [5.41, 5.74) is 5.98. The topological polar surface area (TPSA) is 66.5 Å². The highest BCUT2D eigenvalue weighted by molar-refractivity contribution is 5.53. The number of nitrogens with two attached hydrogens (primary N) is 1. The molecule has 4 N–H and O–H groups in total. The van der Waals surface area contributed by atoms with E-state index < -0.39 is 11.9 Å². The fourth-order valence-electron chi connectivity index (χ4n) is 1.68. The largest absolute Gasteiger partial charge is 0.508 e. The summed E-state index contributed by atoms with van der Waals surface area (Å²) in [6.45, 7) is 0. The van der Waals surface area contributed by atoms with E-state index in [2.05, 4.69) is 0 Å². The minimum absolute atomic E-state index is 0.0522. The molecule has 2 rings (SSSR count). The molecule has 1 unspecified atom stereocenters. The normalized spacial score (nSPS) is 12.4. The maximum Gasteiger partial charge on any atom is 0.146 e. The van der Waals surface area contributed by atoms with Crippen LogP contribution in [0.1, 0.15) is 17.2 Å². The second kappa shape index (κ2) is 4.43. The van der Waals surface area contributed by atoms with E-state index in [0.717, 1.165) is 0 Å². The number of phenolic OH excluding ortho intramolecular Hbond substituents is 1. The van der Waals surface area contributed by atoms with E-state index in [-0.39, 0.29) is 17.0 Å². The Balaban J connectivity index is 2.48. The lowest BCUT2D eigenvalue weighted by Gasteiger charge is -2.15. The van der Waals surface area contributed by atoms with Crippen LogP contribution in [0, 0.1) is 5.82 Å². The van der Waals surface area contributed by atoms with Crippen LogP contribution in [0.3, 0.4) is 0 Å². The molecule has 0 bridgehead atoms. The lowest BCUT2D eigenvalue weighted by molar-refractivity contribution is 0.216. The van der Waals surface area contributed by atoms with Gasteiger partial charge in [-0.15, -0.1) is 0 Å². The quantitative estimate of drug-likeness (QED) is 0.696. The third-order valence-electron chi connectivity index (χ3n) is 2.61. The van der Waals surface area contributed by atoms with E-state index in [1.807, 2.05) is 0 Å². The number of halogens is 1. The molecule has 0 heterocycles. The Bertz CT molecular complexity index is 543. The number of aliphatic hydroxyl groups excluding tert-OH is 1. The van der Waals surface area contributed by atoms with Gasteiger partial charge in [0.2, 0.25) is 0 Å². The van der Waals surface area contributed by atoms with Crippen LogP contribution in [0.4, 0.5) is 10.1 Å². The van der Waals surface area contributed by atoms with Crippen LogP contribution in [-0.2, 0) is 0 Å². The molecule has 1 atom stereocenters. The summed E-state index contributed by atoms with van der Waals surface area (Å²) in [6.07, 6.45) is -1.15. The van der Waals surface area contributed by atoms with Gasteiger partial charge in [-0.05, 0) is 12.1 Å². The van der Waals surface area contributed by atoms with Crippen molar-refractivity contribution in [2.75, 3.05) is 5.73 Å². The smallest absolute Gasteiger partial charge is 0.146 e. The second-order valence-corrected chi connectivity index (χ2v) is 3.70. The molecule has 0 saturated carbocycles. The molecule has 0 aliphatic carbocycles. The Morgan fingerprint density at radius 3 is 2.35 bits per heavy atom. The molecule has 0 aromatic heterocycles. The maximum atomic E-state index is 13.3. The zero-order chi connectivity index (χ0) is 12.4. The molecule has 0 spiro atoms. The van der Waals surface area contributed by atoms with Crippen molar-refractivity contribution < 1.29 is 14.6 Å². The zero-order valence-electron chi connectivity index (χ0n) is 8.97. The van der Waals surface area contributed by atoms with E-state index in [0.29, 0.717) is 5.56 Å². The van der Waals surface area contributed by atoms with E-state index in [1.165, 1.54) is 24.3 Å². The molecule has 0 amide bonds. The molecule has 4 heteroatoms. The fraction of sp³-hybridized carbons (Fsp3) is 0.0769. The number of para-hydroxylation sites is 2. The second-order valence-electron chi connectivity index (χ2n) is 3.70. The number of hydrogen-bond acceptors (Lipinski definition) is 3. The molecule has 17 heavy (non-hydrogen) atoms. The van der Waals surface area contributed by atoms with Gasteiger partial charge < -0.3 is 15.9 Å². The Labute approximate surface area is 97.9 Å². The Morgan fingerprint density at radius 1 is 1.00 bits per heavy atom. The van der Waals surface area contributed by atoms with Crippen molar-refractivity contribution in [1.82, 2.24) is 0 Å². The van der Waals surface area contributed by atoms with Crippen LogP contribution in [-0.4, -0.2) is 10.2 Å². The van der Waals surface area contributed by atoms with Gasteiger partial charge in [-0.25, -0.2) is 4.39 Å². The van der Waals surface area contributed by atoms with Crippen molar-refractivity contribution >= 4 is 5.69 Å². The predicted molar refractivity (Wildman–Crippen MR) is 63.0 cm³/mol. The van der Waals surface area contributed by atoms with Crippen LogP contribution in [0.15, 0.2) is 42.5 Å². The lowest BCUT2D eigenvalue weighted by Crippen LogP contribution is -2.05. The number of phenols is 1. The summed E-state index contributed by atoms with van der Waals surface area (Å²) in [5.74, 6) is -0.638. The first-order chi connectivity index (χ1) is 8.11. The summed E-state index contributed by atoms with van der Waals surface area (Å²) in [5, 5.41) is 19.7. The molecule has 88 valence electrons. The van der Waals surface area contributed by atoms with Crippen LogP contribution in [0.5, 0.6) is 5.75 Å². The first kappa shape index (κ1) is 11.4. The number of anilines is 1. The van der Waals surface area contributed by atoms with Crippen LogP contribution in [0.2, 0.25) is 0 Å². The van der Waals surface area contributed by atoms with E-state index in [1.54, 1.807) is 18.2 Å². The molecule has 0 radical (unpaired) electrons. The van der Waals surface area contributed by atoms with Gasteiger partial charge >= 0.3 is 0 Å². The van der Waals surface area contributed by atoms with E-state index in [9.17, 15) is 14.6 Å². The molecule has 0 aliphatic rings. The van der Waals surface area contributed by atoms with Gasteiger partial charge in [0.1, 0.15) is 17.7 Å². The zero-order valence-corrected chi connectivity index (χ0v) is 8.97. The summed E-state index contributed by atoms with van der Waals surface area (Å²) in [6, 6.07) is 10.5. The Hall–Kier alpha value is -2.07. The van der Waals surface area contributed by atoms with Gasteiger partial charge in [0.25, 0.3) is 0 Å². The molecular weight excluding hydrogens is 221 g/mol. The first-order valence-electron chi connectivity index (χ1n) is 5.11. The van der Waals surface area contributed by atoms with Crippen LogP contribution < -0.4 is 5.73 Å². The minimum Gasteiger partial charge on any atom is -0.508 e. The third kappa shape index (κ3) is 2.07. The molecule has 0 saturated heterocycles. The van der Waals surface area contributed by atoms with Gasteiger partial charge in [0, 0.05) is 11.1 Å². The summed E-state index contributed by atoms with van der Waals surface area (Å²) in [7, 11) is 0. The number of hydrogen-bond donors (Lipinski definition) is 3. The highest BCUT2D eigenvalue weighted by atomic mass is 19.1. The average molecular weight is 233 g/mol. The molecular formula is C13H12FNO2. The number of aliphatic hydroxyl groups is 1. The summed E-state index contributed by atoms with van der Waals surface area (Å²) < 4.78 is 13.3. The molecule has 0 fully saturated rings. The highest BCUT2D eigenvalue weighted by Gasteiger charge is 2.17. The molecule has 2 aromatic carbocycles. The highest BCUT2D eigenvalue weighted by Crippen LogP contribution is 2.32. The third-order valence-corrected chi connectivity index (χ3v) is 2.61. The van der Waals surface area contributed by atoms with Crippen molar-refractivity contribution in [2.45, 2.75) is 6.10 Å². The number of aromatic hydroxyl groups is 1. The number of nitrogen functional groups attached to an aromatic ring is 1. The maximum absolute atomic E-state index is 13.3. The molecule has 3 nitrogen and oxygen atoms in total. The van der Waals surface area contributed by atoms with E-state index >= 15 is 0 Å². The average Bonchev–Trinajstić information content (AvgIpc) is 2.32. The summed E-state index contributed by atoms with van der Waals surface area (Å²) >= 11 is 0. The Kier molecular flexibility index (Phi) is 2.97. The van der Waals surface area contributed by atoms with Crippen molar-refractivity contribution in [3.8, 4) is 5.75 Å². The van der Waals surface area contributed by atoms with Gasteiger partial charge in [0.15, 0.2) is 0 Å². The molecule has 2 aromatic rings. The summed E-state index contributed by atoms with van der Waals surface area (Å²) in [4.78, 5) is 0. The van der Waals surface area contributed by atoms with Crippen LogP contribution >= 0.6 is 0 Å². The van der Waals surface area contributed by atoms with Gasteiger partial charge in [0.05, 0.1) is 5.69 Å². The number of rotatable bonds is 2. The lowest BCUT2D eigenvalue weighted by atomic mass is 9.99. The SMILES string of the molecule is Nc1c(F)cccc1C(O)c1ccccc1O. The standard InChI is InChI=1S/C13H12FNO2/c14-10-6-3-5-9(12(10)15)13(17)8-4-1-2-7-11(8)16/h1-7,13,16-17H,15H2. The first-order valence-corrected chi connectivity index (χ1v) is 5.11. The Morgan fingerprint density at radius 2 is 1.65 bits per heavy atom. The predicted octanol–water partition coefficient (Wildman–Crippen LogP) is 2.20. The van der Waals surface area contributed by atoms with Gasteiger partial charge in [-0.2, -0.15) is 0 Å². The number of benzene rings is 2. The van der Waals surface area contributed by atoms with Crippen molar-refractivity contribution in [1.29, 1.82) is 0 Å². The molecule has 0 aliphatic heterocycles.